The first-order chi connectivity index (χ1) is 10.6. The topological polar surface area (TPSA) is 37.3 Å². The van der Waals surface area contributed by atoms with Crippen molar-refractivity contribution < 1.29 is 4.79 Å². The van der Waals surface area contributed by atoms with Gasteiger partial charge in [0.1, 0.15) is 5.69 Å². The summed E-state index contributed by atoms with van der Waals surface area (Å²) in [5.74, 6) is -0.00300. The second kappa shape index (κ2) is 6.36. The molecule has 0 unspecified atom stereocenters. The summed E-state index contributed by atoms with van der Waals surface area (Å²) in [6, 6.07) is 12.7. The van der Waals surface area contributed by atoms with E-state index in [9.17, 15) is 4.79 Å². The molecule has 1 aliphatic heterocycles. The quantitative estimate of drug-likeness (QED) is 0.939. The lowest BCUT2D eigenvalue weighted by atomic mass is 9.99. The molecule has 0 radical (unpaired) electrons. The molecule has 116 valence electrons. The van der Waals surface area contributed by atoms with E-state index in [1.54, 1.807) is 0 Å². The number of nitrogens with zero attached hydrogens (tertiary/aromatic N) is 2. The highest BCUT2D eigenvalue weighted by Gasteiger charge is 2.21. The number of aromatic nitrogens is 1. The summed E-state index contributed by atoms with van der Waals surface area (Å²) in [7, 11) is 1.89. The largest absolute Gasteiger partial charge is 0.349 e. The van der Waals surface area contributed by atoms with Gasteiger partial charge >= 0.3 is 0 Å². The number of hydrogen-bond acceptors (Lipinski definition) is 2. The van der Waals surface area contributed by atoms with Gasteiger partial charge in [-0.05, 0) is 36.6 Å². The average Bonchev–Trinajstić information content (AvgIpc) is 2.98. The van der Waals surface area contributed by atoms with Crippen molar-refractivity contribution in [3.05, 3.63) is 59.4 Å². The Morgan fingerprint density at radius 2 is 2.00 bits per heavy atom. The molecule has 4 heteroatoms. The average molecular weight is 297 g/mol. The summed E-state index contributed by atoms with van der Waals surface area (Å²) < 4.78 is 1.84. The van der Waals surface area contributed by atoms with E-state index in [1.807, 2.05) is 29.9 Å². The van der Waals surface area contributed by atoms with Gasteiger partial charge in [-0.15, -0.1) is 0 Å². The minimum atomic E-state index is -0.00300. The van der Waals surface area contributed by atoms with Crippen LogP contribution >= 0.6 is 0 Å². The molecule has 0 spiro atoms. The van der Waals surface area contributed by atoms with Gasteiger partial charge in [0.05, 0.1) is 0 Å². The van der Waals surface area contributed by atoms with Gasteiger partial charge in [0.15, 0.2) is 0 Å². The smallest absolute Gasteiger partial charge is 0.267 e. The lowest BCUT2D eigenvalue weighted by Gasteiger charge is -2.33. The number of carbonyl (C=O) groups excluding carboxylic acids is 1. The van der Waals surface area contributed by atoms with Crippen LogP contribution in [0.5, 0.6) is 0 Å². The molecule has 1 aromatic heterocycles. The van der Waals surface area contributed by atoms with E-state index in [4.69, 9.17) is 0 Å². The maximum Gasteiger partial charge on any atom is 0.267 e. The van der Waals surface area contributed by atoms with Crippen LogP contribution in [-0.4, -0.2) is 34.5 Å². The standard InChI is InChI=1S/C18H23N3O/c1-14(12-19-18(22)17-8-5-10-20(17)2)21-11-9-15-6-3-4-7-16(15)13-21/h3-8,10,14H,9,11-13H2,1-2H3,(H,19,22)/t14-/m0/s1. The Balaban J connectivity index is 1.56. The van der Waals surface area contributed by atoms with Crippen molar-refractivity contribution in [2.75, 3.05) is 13.1 Å². The molecule has 1 aromatic carbocycles. The highest BCUT2D eigenvalue weighted by molar-refractivity contribution is 5.92. The third kappa shape index (κ3) is 3.07. The van der Waals surface area contributed by atoms with E-state index in [2.05, 4.69) is 41.4 Å². The van der Waals surface area contributed by atoms with Gasteiger partial charge < -0.3 is 9.88 Å². The SMILES string of the molecule is C[C@@H](CNC(=O)c1cccn1C)N1CCc2ccccc2C1. The molecule has 0 saturated heterocycles. The van der Waals surface area contributed by atoms with Gasteiger partial charge in [0.25, 0.3) is 5.91 Å². The van der Waals surface area contributed by atoms with E-state index in [1.165, 1.54) is 11.1 Å². The van der Waals surface area contributed by atoms with Crippen LogP contribution in [0.15, 0.2) is 42.6 Å². The van der Waals surface area contributed by atoms with Crippen LogP contribution in [0, 0.1) is 0 Å². The van der Waals surface area contributed by atoms with Crippen LogP contribution in [-0.2, 0) is 20.0 Å². The molecule has 3 rings (SSSR count). The first-order valence-corrected chi connectivity index (χ1v) is 7.85. The molecule has 1 N–H and O–H groups in total. The van der Waals surface area contributed by atoms with Crippen molar-refractivity contribution in [2.24, 2.45) is 7.05 Å². The summed E-state index contributed by atoms with van der Waals surface area (Å²) >= 11 is 0. The second-order valence-corrected chi connectivity index (χ2v) is 6.05. The van der Waals surface area contributed by atoms with E-state index in [0.29, 0.717) is 18.3 Å². The number of fused-ring (bicyclic) bond motifs is 1. The first-order valence-electron chi connectivity index (χ1n) is 7.85. The monoisotopic (exact) mass is 297 g/mol. The van der Waals surface area contributed by atoms with Gasteiger partial charge in [-0.25, -0.2) is 0 Å². The van der Waals surface area contributed by atoms with Crippen molar-refractivity contribution >= 4 is 5.91 Å². The summed E-state index contributed by atoms with van der Waals surface area (Å²) in [6.07, 6.45) is 2.98. The fourth-order valence-electron chi connectivity index (χ4n) is 3.05. The molecular formula is C18H23N3O. The van der Waals surface area contributed by atoms with Crippen molar-refractivity contribution in [2.45, 2.75) is 25.9 Å². The van der Waals surface area contributed by atoms with Crippen molar-refractivity contribution in [1.29, 1.82) is 0 Å². The molecule has 1 atom stereocenters. The molecular weight excluding hydrogens is 274 g/mol. The molecule has 2 aromatic rings. The number of amides is 1. The van der Waals surface area contributed by atoms with Crippen molar-refractivity contribution in [3.63, 3.8) is 0 Å². The minimum absolute atomic E-state index is 0.00300. The molecule has 1 amide bonds. The van der Waals surface area contributed by atoms with E-state index >= 15 is 0 Å². The Hall–Kier alpha value is -2.07. The van der Waals surface area contributed by atoms with E-state index in [0.717, 1.165) is 19.5 Å². The Bertz CT molecular complexity index is 662. The van der Waals surface area contributed by atoms with Crippen molar-refractivity contribution in [1.82, 2.24) is 14.8 Å². The molecule has 2 heterocycles. The van der Waals surface area contributed by atoms with Crippen LogP contribution in [0.1, 0.15) is 28.5 Å². The zero-order valence-corrected chi connectivity index (χ0v) is 13.2. The molecule has 1 aliphatic rings. The van der Waals surface area contributed by atoms with Crippen LogP contribution < -0.4 is 5.32 Å². The van der Waals surface area contributed by atoms with Gasteiger partial charge in [-0.2, -0.15) is 0 Å². The van der Waals surface area contributed by atoms with Crippen LogP contribution in [0.4, 0.5) is 0 Å². The molecule has 0 fully saturated rings. The number of carbonyl (C=O) groups is 1. The molecule has 0 saturated carbocycles. The van der Waals surface area contributed by atoms with Gasteiger partial charge in [0.2, 0.25) is 0 Å². The normalized spacial score (nSPS) is 16.1. The summed E-state index contributed by atoms with van der Waals surface area (Å²) in [6.45, 7) is 4.88. The Morgan fingerprint density at radius 3 is 2.73 bits per heavy atom. The number of rotatable bonds is 4. The Labute approximate surface area is 131 Å². The minimum Gasteiger partial charge on any atom is -0.349 e. The Morgan fingerprint density at radius 1 is 1.23 bits per heavy atom. The molecule has 0 aliphatic carbocycles. The predicted octanol–water partition coefficient (Wildman–Crippen LogP) is 2.20. The number of hydrogen-bond donors (Lipinski definition) is 1. The molecule has 4 nitrogen and oxygen atoms in total. The van der Waals surface area contributed by atoms with E-state index < -0.39 is 0 Å². The summed E-state index contributed by atoms with van der Waals surface area (Å²) in [4.78, 5) is 14.6. The second-order valence-electron chi connectivity index (χ2n) is 6.05. The van der Waals surface area contributed by atoms with Gasteiger partial charge in [-0.1, -0.05) is 24.3 Å². The number of nitrogens with one attached hydrogen (secondary N) is 1. The molecule has 0 bridgehead atoms. The highest BCUT2D eigenvalue weighted by Crippen LogP contribution is 2.19. The Kier molecular flexibility index (Phi) is 4.29. The zero-order chi connectivity index (χ0) is 15.5. The predicted molar refractivity (Wildman–Crippen MR) is 87.8 cm³/mol. The third-order valence-corrected chi connectivity index (χ3v) is 4.52. The first kappa shape index (κ1) is 14.9. The van der Waals surface area contributed by atoms with E-state index in [-0.39, 0.29) is 5.91 Å². The lowest BCUT2D eigenvalue weighted by Crippen LogP contribution is -2.44. The van der Waals surface area contributed by atoms with Crippen molar-refractivity contribution in [3.8, 4) is 0 Å². The maximum atomic E-state index is 12.2. The van der Waals surface area contributed by atoms with Gasteiger partial charge in [-0.3, -0.25) is 9.69 Å². The summed E-state index contributed by atoms with van der Waals surface area (Å²) in [5.41, 5.74) is 3.57. The van der Waals surface area contributed by atoms with Crippen LogP contribution in [0.3, 0.4) is 0 Å². The number of aryl methyl sites for hydroxylation is 1. The summed E-state index contributed by atoms with van der Waals surface area (Å²) in [5, 5.41) is 3.05. The fourth-order valence-corrected chi connectivity index (χ4v) is 3.05. The van der Waals surface area contributed by atoms with Crippen LogP contribution in [0.2, 0.25) is 0 Å². The third-order valence-electron chi connectivity index (χ3n) is 4.52. The fraction of sp³-hybridized carbons (Fsp3) is 0.389. The lowest BCUT2D eigenvalue weighted by molar-refractivity contribution is 0.0924. The molecule has 22 heavy (non-hydrogen) atoms. The number of benzene rings is 1. The zero-order valence-electron chi connectivity index (χ0n) is 13.2. The van der Waals surface area contributed by atoms with Gasteiger partial charge in [0, 0.05) is 38.9 Å². The van der Waals surface area contributed by atoms with Crippen LogP contribution in [0.25, 0.3) is 0 Å². The highest BCUT2D eigenvalue weighted by atomic mass is 16.1. The maximum absolute atomic E-state index is 12.2.